The molecule has 0 heterocycles. The van der Waals surface area contributed by atoms with Gasteiger partial charge in [0.1, 0.15) is 5.75 Å². The van der Waals surface area contributed by atoms with Gasteiger partial charge >= 0.3 is 0 Å². The van der Waals surface area contributed by atoms with Crippen molar-refractivity contribution in [1.29, 1.82) is 0 Å². The Hall–Kier alpha value is -2.49. The molecule has 2 aromatic rings. The molecular formula is C16H18N2O2. The number of methoxy groups -OCH3 is 1. The van der Waals surface area contributed by atoms with Crippen molar-refractivity contribution in [3.63, 3.8) is 0 Å². The number of benzene rings is 2. The molecule has 4 heteroatoms. The lowest BCUT2D eigenvalue weighted by Crippen LogP contribution is -2.27. The molecule has 104 valence electrons. The van der Waals surface area contributed by atoms with Gasteiger partial charge in [-0.25, -0.2) is 0 Å². The number of nitrogens with one attached hydrogen (secondary N) is 1. The molecule has 0 saturated heterocycles. The van der Waals surface area contributed by atoms with Gasteiger partial charge in [-0.1, -0.05) is 24.3 Å². The number of anilines is 1. The molecule has 1 amide bonds. The second-order valence-corrected chi connectivity index (χ2v) is 4.56. The van der Waals surface area contributed by atoms with E-state index in [4.69, 9.17) is 10.5 Å². The predicted octanol–water partition coefficient (Wildman–Crippen LogP) is 2.77. The van der Waals surface area contributed by atoms with Gasteiger partial charge in [0.05, 0.1) is 13.2 Å². The van der Waals surface area contributed by atoms with Gasteiger partial charge in [-0.05, 0) is 31.2 Å². The summed E-state index contributed by atoms with van der Waals surface area (Å²) < 4.78 is 5.30. The topological polar surface area (TPSA) is 64.3 Å². The Labute approximate surface area is 118 Å². The van der Waals surface area contributed by atoms with Crippen molar-refractivity contribution >= 4 is 11.6 Å². The maximum Gasteiger partial charge on any atom is 0.251 e. The molecule has 0 spiro atoms. The average molecular weight is 270 g/mol. The first kappa shape index (κ1) is 13.9. The number of amides is 1. The molecule has 20 heavy (non-hydrogen) atoms. The number of hydrogen-bond acceptors (Lipinski definition) is 3. The van der Waals surface area contributed by atoms with Crippen LogP contribution in [0.1, 0.15) is 28.9 Å². The summed E-state index contributed by atoms with van der Waals surface area (Å²) in [5, 5.41) is 2.94. The molecule has 4 nitrogen and oxygen atoms in total. The van der Waals surface area contributed by atoms with Crippen molar-refractivity contribution in [3.05, 3.63) is 59.7 Å². The SMILES string of the molecule is COc1ccccc1[C@H](C)NC(=O)c1cccc(N)c1. The van der Waals surface area contributed by atoms with E-state index in [0.717, 1.165) is 11.3 Å². The first-order valence-corrected chi connectivity index (χ1v) is 6.41. The fourth-order valence-corrected chi connectivity index (χ4v) is 2.06. The van der Waals surface area contributed by atoms with Crippen LogP contribution in [0.4, 0.5) is 5.69 Å². The lowest BCUT2D eigenvalue weighted by molar-refractivity contribution is 0.0939. The van der Waals surface area contributed by atoms with Crippen LogP contribution in [0, 0.1) is 0 Å². The quantitative estimate of drug-likeness (QED) is 0.840. The van der Waals surface area contributed by atoms with E-state index in [1.54, 1.807) is 31.4 Å². The van der Waals surface area contributed by atoms with Crippen LogP contribution in [0.15, 0.2) is 48.5 Å². The van der Waals surface area contributed by atoms with E-state index in [1.807, 2.05) is 31.2 Å². The fraction of sp³-hybridized carbons (Fsp3) is 0.188. The third-order valence-corrected chi connectivity index (χ3v) is 3.10. The maximum absolute atomic E-state index is 12.2. The van der Waals surface area contributed by atoms with E-state index in [0.29, 0.717) is 11.3 Å². The summed E-state index contributed by atoms with van der Waals surface area (Å²) in [6, 6.07) is 14.4. The number of carbonyl (C=O) groups is 1. The average Bonchev–Trinajstić information content (AvgIpc) is 2.47. The molecule has 2 rings (SSSR count). The molecule has 0 bridgehead atoms. The van der Waals surface area contributed by atoms with Crippen molar-refractivity contribution in [2.45, 2.75) is 13.0 Å². The van der Waals surface area contributed by atoms with Crippen LogP contribution in [0.3, 0.4) is 0 Å². The maximum atomic E-state index is 12.2. The number of rotatable bonds is 4. The highest BCUT2D eigenvalue weighted by atomic mass is 16.5. The standard InChI is InChI=1S/C16H18N2O2/c1-11(14-8-3-4-9-15(14)20-2)18-16(19)12-6-5-7-13(17)10-12/h3-11H,17H2,1-2H3,(H,18,19)/t11-/m0/s1. The second-order valence-electron chi connectivity index (χ2n) is 4.56. The summed E-state index contributed by atoms with van der Waals surface area (Å²) in [5.74, 6) is 0.601. The molecule has 0 aliphatic heterocycles. The zero-order chi connectivity index (χ0) is 14.5. The van der Waals surface area contributed by atoms with Gasteiger partial charge in [0, 0.05) is 16.8 Å². The number of ether oxygens (including phenoxy) is 1. The van der Waals surface area contributed by atoms with Crippen molar-refractivity contribution in [2.24, 2.45) is 0 Å². The molecule has 0 unspecified atom stereocenters. The summed E-state index contributed by atoms with van der Waals surface area (Å²) in [6.45, 7) is 1.92. The van der Waals surface area contributed by atoms with Crippen molar-refractivity contribution in [2.75, 3.05) is 12.8 Å². The lowest BCUT2D eigenvalue weighted by atomic mass is 10.1. The van der Waals surface area contributed by atoms with Crippen molar-refractivity contribution in [1.82, 2.24) is 5.32 Å². The molecule has 2 aromatic carbocycles. The Bertz CT molecular complexity index is 611. The van der Waals surface area contributed by atoms with Gasteiger partial charge in [-0.3, -0.25) is 4.79 Å². The third-order valence-electron chi connectivity index (χ3n) is 3.10. The lowest BCUT2D eigenvalue weighted by Gasteiger charge is -2.17. The van der Waals surface area contributed by atoms with Crippen LogP contribution < -0.4 is 15.8 Å². The smallest absolute Gasteiger partial charge is 0.251 e. The van der Waals surface area contributed by atoms with Gasteiger partial charge in [0.2, 0.25) is 0 Å². The summed E-state index contributed by atoms with van der Waals surface area (Å²) in [6.07, 6.45) is 0. The normalized spacial score (nSPS) is 11.7. The molecule has 0 aliphatic carbocycles. The fourth-order valence-electron chi connectivity index (χ4n) is 2.06. The van der Waals surface area contributed by atoms with Gasteiger partial charge in [0.25, 0.3) is 5.91 Å². The molecular weight excluding hydrogens is 252 g/mol. The Morgan fingerprint density at radius 3 is 2.65 bits per heavy atom. The van der Waals surface area contributed by atoms with E-state index >= 15 is 0 Å². The first-order valence-electron chi connectivity index (χ1n) is 6.41. The Balaban J connectivity index is 2.15. The summed E-state index contributed by atoms with van der Waals surface area (Å²) >= 11 is 0. The van der Waals surface area contributed by atoms with E-state index in [2.05, 4.69) is 5.32 Å². The Kier molecular flexibility index (Phi) is 4.25. The summed E-state index contributed by atoms with van der Waals surface area (Å²) in [5.41, 5.74) is 7.74. The van der Waals surface area contributed by atoms with Gasteiger partial charge in [-0.2, -0.15) is 0 Å². The van der Waals surface area contributed by atoms with Gasteiger partial charge < -0.3 is 15.8 Å². The second kappa shape index (κ2) is 6.10. The Morgan fingerprint density at radius 1 is 1.20 bits per heavy atom. The highest BCUT2D eigenvalue weighted by Crippen LogP contribution is 2.24. The van der Waals surface area contributed by atoms with Gasteiger partial charge in [0.15, 0.2) is 0 Å². The van der Waals surface area contributed by atoms with Crippen LogP contribution in [0.2, 0.25) is 0 Å². The van der Waals surface area contributed by atoms with Crippen LogP contribution in [0.5, 0.6) is 5.75 Å². The summed E-state index contributed by atoms with van der Waals surface area (Å²) in [7, 11) is 1.62. The zero-order valence-corrected chi connectivity index (χ0v) is 11.6. The van der Waals surface area contributed by atoms with E-state index < -0.39 is 0 Å². The molecule has 0 aliphatic rings. The molecule has 1 atom stereocenters. The molecule has 3 N–H and O–H groups in total. The number of nitrogens with two attached hydrogens (primary N) is 1. The predicted molar refractivity (Wildman–Crippen MR) is 79.7 cm³/mol. The van der Waals surface area contributed by atoms with Crippen LogP contribution in [-0.4, -0.2) is 13.0 Å². The minimum Gasteiger partial charge on any atom is -0.496 e. The largest absolute Gasteiger partial charge is 0.496 e. The third kappa shape index (κ3) is 3.09. The monoisotopic (exact) mass is 270 g/mol. The molecule has 0 radical (unpaired) electrons. The van der Waals surface area contributed by atoms with E-state index in [-0.39, 0.29) is 11.9 Å². The summed E-state index contributed by atoms with van der Waals surface area (Å²) in [4.78, 5) is 12.2. The van der Waals surface area contributed by atoms with Crippen molar-refractivity contribution in [3.8, 4) is 5.75 Å². The molecule has 0 aromatic heterocycles. The number of hydrogen-bond donors (Lipinski definition) is 2. The molecule has 0 fully saturated rings. The number of carbonyl (C=O) groups excluding carboxylic acids is 1. The zero-order valence-electron chi connectivity index (χ0n) is 11.6. The Morgan fingerprint density at radius 2 is 1.95 bits per heavy atom. The highest BCUT2D eigenvalue weighted by molar-refractivity contribution is 5.95. The number of para-hydroxylation sites is 1. The first-order chi connectivity index (χ1) is 9.61. The van der Waals surface area contributed by atoms with E-state index in [1.165, 1.54) is 0 Å². The molecule has 0 saturated carbocycles. The number of nitrogen functional groups attached to an aromatic ring is 1. The van der Waals surface area contributed by atoms with Crippen LogP contribution in [-0.2, 0) is 0 Å². The van der Waals surface area contributed by atoms with Gasteiger partial charge in [-0.15, -0.1) is 0 Å². The minimum atomic E-state index is -0.157. The van der Waals surface area contributed by atoms with Crippen LogP contribution >= 0.6 is 0 Å². The van der Waals surface area contributed by atoms with E-state index in [9.17, 15) is 4.79 Å². The minimum absolute atomic E-state index is 0.153. The van der Waals surface area contributed by atoms with Crippen molar-refractivity contribution < 1.29 is 9.53 Å². The van der Waals surface area contributed by atoms with Crippen LogP contribution in [0.25, 0.3) is 0 Å². The highest BCUT2D eigenvalue weighted by Gasteiger charge is 2.14.